The van der Waals surface area contributed by atoms with Crippen LogP contribution in [0.25, 0.3) is 10.2 Å². The average Bonchev–Trinajstić information content (AvgIpc) is 3.03. The van der Waals surface area contributed by atoms with E-state index in [1.807, 2.05) is 13.0 Å². The number of rotatable bonds is 2. The molecular weight excluding hydrogens is 299 g/mol. The van der Waals surface area contributed by atoms with Crippen LogP contribution < -0.4 is 5.56 Å². The van der Waals surface area contributed by atoms with Gasteiger partial charge >= 0.3 is 0 Å². The Morgan fingerprint density at radius 3 is 3.05 bits per heavy atom. The predicted octanol–water partition coefficient (Wildman–Crippen LogP) is 3.44. The van der Waals surface area contributed by atoms with E-state index in [0.29, 0.717) is 12.4 Å². The van der Waals surface area contributed by atoms with Gasteiger partial charge in [-0.3, -0.25) is 9.36 Å². The highest BCUT2D eigenvalue weighted by Crippen LogP contribution is 2.34. The van der Waals surface area contributed by atoms with Gasteiger partial charge in [0.15, 0.2) is 0 Å². The minimum Gasteiger partial charge on any atom is -0.292 e. The second-order valence-corrected chi connectivity index (χ2v) is 6.80. The van der Waals surface area contributed by atoms with Gasteiger partial charge in [-0.2, -0.15) is 0 Å². The Labute approximate surface area is 131 Å². The van der Waals surface area contributed by atoms with Crippen molar-refractivity contribution in [3.63, 3.8) is 0 Å². The van der Waals surface area contributed by atoms with Crippen molar-refractivity contribution >= 4 is 21.6 Å². The smallest absolute Gasteiger partial charge is 0.262 e. The number of benzene rings is 1. The second kappa shape index (κ2) is 5.02. The van der Waals surface area contributed by atoms with Crippen LogP contribution in [0.1, 0.15) is 28.2 Å². The lowest BCUT2D eigenvalue weighted by atomic mass is 10.2. The SMILES string of the molecule is Cc1nc2sc3c(c2c(=O)n1Cc1cccc(F)c1)CCC3. The Morgan fingerprint density at radius 1 is 1.36 bits per heavy atom. The zero-order chi connectivity index (χ0) is 15.3. The number of hydrogen-bond donors (Lipinski definition) is 0. The monoisotopic (exact) mass is 314 g/mol. The van der Waals surface area contributed by atoms with Gasteiger partial charge in [-0.05, 0) is 49.4 Å². The number of aryl methyl sites for hydroxylation is 3. The van der Waals surface area contributed by atoms with Crippen LogP contribution in [0.5, 0.6) is 0 Å². The van der Waals surface area contributed by atoms with Crippen molar-refractivity contribution < 1.29 is 4.39 Å². The van der Waals surface area contributed by atoms with Crippen LogP contribution in [-0.2, 0) is 19.4 Å². The summed E-state index contributed by atoms with van der Waals surface area (Å²) in [6, 6.07) is 6.37. The fourth-order valence-corrected chi connectivity index (χ4v) is 4.48. The summed E-state index contributed by atoms with van der Waals surface area (Å²) in [6.07, 6.45) is 3.14. The first kappa shape index (κ1) is 13.6. The maximum Gasteiger partial charge on any atom is 0.262 e. The summed E-state index contributed by atoms with van der Waals surface area (Å²) in [5.74, 6) is 0.398. The molecule has 0 saturated carbocycles. The molecule has 0 fully saturated rings. The van der Waals surface area contributed by atoms with Gasteiger partial charge in [-0.15, -0.1) is 11.3 Å². The van der Waals surface area contributed by atoms with E-state index in [4.69, 9.17) is 0 Å². The first-order valence-corrected chi connectivity index (χ1v) is 8.21. The largest absolute Gasteiger partial charge is 0.292 e. The highest BCUT2D eigenvalue weighted by molar-refractivity contribution is 7.18. The van der Waals surface area contributed by atoms with E-state index in [9.17, 15) is 9.18 Å². The normalized spacial score (nSPS) is 13.7. The molecule has 3 nitrogen and oxygen atoms in total. The molecule has 1 aromatic carbocycles. The minimum atomic E-state index is -0.284. The van der Waals surface area contributed by atoms with E-state index in [1.165, 1.54) is 22.6 Å². The van der Waals surface area contributed by atoms with Crippen LogP contribution in [0.2, 0.25) is 0 Å². The van der Waals surface area contributed by atoms with Crippen LogP contribution in [0.15, 0.2) is 29.1 Å². The summed E-state index contributed by atoms with van der Waals surface area (Å²) in [7, 11) is 0. The van der Waals surface area contributed by atoms with Crippen LogP contribution >= 0.6 is 11.3 Å². The molecule has 0 amide bonds. The number of aromatic nitrogens is 2. The lowest BCUT2D eigenvalue weighted by molar-refractivity contribution is 0.621. The third-order valence-corrected chi connectivity index (χ3v) is 5.43. The van der Waals surface area contributed by atoms with Crippen LogP contribution in [-0.4, -0.2) is 9.55 Å². The van der Waals surface area contributed by atoms with Crippen molar-refractivity contribution in [3.05, 3.63) is 62.3 Å². The summed E-state index contributed by atoms with van der Waals surface area (Å²) in [5.41, 5.74) is 1.97. The molecule has 22 heavy (non-hydrogen) atoms. The van der Waals surface area contributed by atoms with Gasteiger partial charge in [0, 0.05) is 4.88 Å². The van der Waals surface area contributed by atoms with Gasteiger partial charge < -0.3 is 0 Å². The molecule has 1 aliphatic carbocycles. The summed E-state index contributed by atoms with van der Waals surface area (Å²) in [6.45, 7) is 2.20. The molecule has 4 rings (SSSR count). The first-order chi connectivity index (χ1) is 10.6. The molecule has 1 aliphatic rings. The third kappa shape index (κ3) is 2.08. The average molecular weight is 314 g/mol. The summed E-state index contributed by atoms with van der Waals surface area (Å²) >= 11 is 1.65. The zero-order valence-corrected chi connectivity index (χ0v) is 13.0. The number of halogens is 1. The Bertz CT molecular complexity index is 942. The van der Waals surface area contributed by atoms with E-state index in [-0.39, 0.29) is 11.4 Å². The molecule has 0 aliphatic heterocycles. The molecule has 5 heteroatoms. The van der Waals surface area contributed by atoms with Gasteiger partial charge in [0.2, 0.25) is 0 Å². The fourth-order valence-electron chi connectivity index (χ4n) is 3.18. The van der Waals surface area contributed by atoms with Crippen molar-refractivity contribution in [2.75, 3.05) is 0 Å². The molecule has 112 valence electrons. The van der Waals surface area contributed by atoms with Crippen molar-refractivity contribution in [1.82, 2.24) is 9.55 Å². The fraction of sp³-hybridized carbons (Fsp3) is 0.294. The Hall–Kier alpha value is -2.01. The third-order valence-electron chi connectivity index (χ3n) is 4.25. The van der Waals surface area contributed by atoms with Gasteiger partial charge in [-0.25, -0.2) is 9.37 Å². The summed E-state index contributed by atoms with van der Waals surface area (Å²) in [5, 5.41) is 0.777. The maximum absolute atomic E-state index is 13.4. The van der Waals surface area contributed by atoms with Gasteiger partial charge in [-0.1, -0.05) is 12.1 Å². The Morgan fingerprint density at radius 2 is 2.23 bits per heavy atom. The highest BCUT2D eigenvalue weighted by atomic mass is 32.1. The van der Waals surface area contributed by atoms with Crippen molar-refractivity contribution in [2.45, 2.75) is 32.7 Å². The van der Waals surface area contributed by atoms with Gasteiger partial charge in [0.25, 0.3) is 5.56 Å². The zero-order valence-electron chi connectivity index (χ0n) is 12.2. The summed E-state index contributed by atoms with van der Waals surface area (Å²) in [4.78, 5) is 19.7. The van der Waals surface area contributed by atoms with Crippen LogP contribution in [0, 0.1) is 12.7 Å². The van der Waals surface area contributed by atoms with Crippen molar-refractivity contribution in [3.8, 4) is 0 Å². The van der Waals surface area contributed by atoms with Gasteiger partial charge in [0.05, 0.1) is 11.9 Å². The highest BCUT2D eigenvalue weighted by Gasteiger charge is 2.22. The molecule has 0 radical (unpaired) electrons. The van der Waals surface area contributed by atoms with Gasteiger partial charge in [0.1, 0.15) is 16.5 Å². The van der Waals surface area contributed by atoms with Crippen LogP contribution in [0.4, 0.5) is 4.39 Å². The number of thiophene rings is 1. The Balaban J connectivity index is 1.89. The molecule has 0 bridgehead atoms. The standard InChI is InChI=1S/C17H15FN2OS/c1-10-19-16-15(13-6-3-7-14(13)22-16)17(21)20(10)9-11-4-2-5-12(18)8-11/h2,4-5,8H,3,6-7,9H2,1H3. The van der Waals surface area contributed by atoms with Crippen molar-refractivity contribution in [1.29, 1.82) is 0 Å². The van der Waals surface area contributed by atoms with E-state index in [1.54, 1.807) is 22.0 Å². The van der Waals surface area contributed by atoms with Crippen molar-refractivity contribution in [2.24, 2.45) is 0 Å². The minimum absolute atomic E-state index is 0.00570. The second-order valence-electron chi connectivity index (χ2n) is 5.72. The molecular formula is C17H15FN2OS. The number of nitrogens with zero attached hydrogens (tertiary/aromatic N) is 2. The molecule has 0 spiro atoms. The topological polar surface area (TPSA) is 34.9 Å². The predicted molar refractivity (Wildman–Crippen MR) is 86.1 cm³/mol. The van der Waals surface area contributed by atoms with E-state index < -0.39 is 0 Å². The lowest BCUT2D eigenvalue weighted by Gasteiger charge is -2.10. The molecule has 0 saturated heterocycles. The first-order valence-electron chi connectivity index (χ1n) is 7.39. The molecule has 0 N–H and O–H groups in total. The Kier molecular flexibility index (Phi) is 3.11. The van der Waals surface area contributed by atoms with E-state index >= 15 is 0 Å². The molecule has 0 atom stereocenters. The molecule has 3 aromatic rings. The number of hydrogen-bond acceptors (Lipinski definition) is 3. The molecule has 2 heterocycles. The van der Waals surface area contributed by atoms with E-state index in [0.717, 1.165) is 35.0 Å². The van der Waals surface area contributed by atoms with Crippen LogP contribution in [0.3, 0.4) is 0 Å². The summed E-state index contributed by atoms with van der Waals surface area (Å²) < 4.78 is 15.0. The maximum atomic E-state index is 13.4. The van der Waals surface area contributed by atoms with E-state index in [2.05, 4.69) is 4.98 Å². The molecule has 2 aromatic heterocycles. The number of fused-ring (bicyclic) bond motifs is 3. The lowest BCUT2D eigenvalue weighted by Crippen LogP contribution is -2.24. The molecule has 0 unspecified atom stereocenters. The quantitative estimate of drug-likeness (QED) is 0.726.